The van der Waals surface area contributed by atoms with Crippen LogP contribution in [-0.4, -0.2) is 25.8 Å². The molecule has 1 N–H and O–H groups in total. The molecule has 0 unspecified atom stereocenters. The minimum absolute atomic E-state index is 0.142. The third-order valence-corrected chi connectivity index (χ3v) is 3.53. The largest absolute Gasteiger partial charge is 0.476 e. The maximum atomic E-state index is 13.2. The zero-order valence-corrected chi connectivity index (χ0v) is 12.2. The standard InChI is InChI=1S/C17H10FN3O3/c18-11-7-5-10(6-8-11)14-9-13(16(22)23)20-21(14)17-19-12-3-1-2-4-15(12)24-17/h1-9H,(H,22,23). The van der Waals surface area contributed by atoms with Gasteiger partial charge in [0, 0.05) is 5.56 Å². The smallest absolute Gasteiger partial charge is 0.356 e. The van der Waals surface area contributed by atoms with Crippen molar-refractivity contribution in [1.29, 1.82) is 0 Å². The van der Waals surface area contributed by atoms with E-state index in [-0.39, 0.29) is 17.5 Å². The van der Waals surface area contributed by atoms with Gasteiger partial charge in [-0.3, -0.25) is 0 Å². The summed E-state index contributed by atoms with van der Waals surface area (Å²) in [5, 5.41) is 13.3. The molecule has 0 amide bonds. The van der Waals surface area contributed by atoms with Gasteiger partial charge in [0.1, 0.15) is 11.3 Å². The topological polar surface area (TPSA) is 81.1 Å². The summed E-state index contributed by atoms with van der Waals surface area (Å²) < 4.78 is 20.1. The molecule has 0 spiro atoms. The number of oxazole rings is 1. The van der Waals surface area contributed by atoms with E-state index in [0.717, 1.165) is 0 Å². The van der Waals surface area contributed by atoms with Crippen molar-refractivity contribution in [2.45, 2.75) is 0 Å². The van der Waals surface area contributed by atoms with Gasteiger partial charge >= 0.3 is 12.0 Å². The van der Waals surface area contributed by atoms with Gasteiger partial charge in [0.25, 0.3) is 0 Å². The van der Waals surface area contributed by atoms with Gasteiger partial charge in [-0.1, -0.05) is 12.1 Å². The van der Waals surface area contributed by atoms with Gasteiger partial charge in [-0.25, -0.2) is 9.18 Å². The quantitative estimate of drug-likeness (QED) is 0.624. The third kappa shape index (κ3) is 2.32. The predicted molar refractivity (Wildman–Crippen MR) is 83.5 cm³/mol. The van der Waals surface area contributed by atoms with Crippen molar-refractivity contribution in [3.05, 3.63) is 66.1 Å². The molecule has 0 atom stereocenters. The van der Waals surface area contributed by atoms with Crippen LogP contribution in [0.25, 0.3) is 28.4 Å². The molecule has 0 aliphatic heterocycles. The number of nitrogens with zero attached hydrogens (tertiary/aromatic N) is 3. The maximum Gasteiger partial charge on any atom is 0.356 e. The van der Waals surface area contributed by atoms with Gasteiger partial charge in [0.2, 0.25) is 0 Å². The molecule has 0 bridgehead atoms. The van der Waals surface area contributed by atoms with Crippen molar-refractivity contribution in [2.24, 2.45) is 0 Å². The number of fused-ring (bicyclic) bond motifs is 1. The number of aromatic nitrogens is 3. The van der Waals surface area contributed by atoms with Gasteiger partial charge < -0.3 is 9.52 Å². The summed E-state index contributed by atoms with van der Waals surface area (Å²) >= 11 is 0. The predicted octanol–water partition coefficient (Wildman–Crippen LogP) is 3.52. The van der Waals surface area contributed by atoms with Crippen LogP contribution >= 0.6 is 0 Å². The molecule has 4 rings (SSSR count). The van der Waals surface area contributed by atoms with Gasteiger partial charge in [0.05, 0.1) is 5.69 Å². The number of benzene rings is 2. The first-order valence-electron chi connectivity index (χ1n) is 7.07. The van der Waals surface area contributed by atoms with Crippen molar-refractivity contribution in [1.82, 2.24) is 14.8 Å². The highest BCUT2D eigenvalue weighted by atomic mass is 19.1. The summed E-state index contributed by atoms with van der Waals surface area (Å²) in [6.07, 6.45) is 0. The molecular weight excluding hydrogens is 313 g/mol. The Hall–Kier alpha value is -3.48. The average Bonchev–Trinajstić information content (AvgIpc) is 3.19. The fraction of sp³-hybridized carbons (Fsp3) is 0. The number of rotatable bonds is 3. The Kier molecular flexibility index (Phi) is 3.13. The van der Waals surface area contributed by atoms with E-state index in [9.17, 15) is 14.3 Å². The Morgan fingerprint density at radius 2 is 1.88 bits per heavy atom. The van der Waals surface area contributed by atoms with Crippen molar-refractivity contribution >= 4 is 17.1 Å². The zero-order chi connectivity index (χ0) is 16.7. The first-order chi connectivity index (χ1) is 11.6. The molecule has 24 heavy (non-hydrogen) atoms. The fourth-order valence-electron chi connectivity index (χ4n) is 2.41. The third-order valence-electron chi connectivity index (χ3n) is 3.53. The zero-order valence-electron chi connectivity index (χ0n) is 12.2. The van der Waals surface area contributed by atoms with Crippen LogP contribution < -0.4 is 0 Å². The fourth-order valence-corrected chi connectivity index (χ4v) is 2.41. The first kappa shape index (κ1) is 14.1. The summed E-state index contributed by atoms with van der Waals surface area (Å²) in [5.74, 6) is -1.56. The van der Waals surface area contributed by atoms with Crippen LogP contribution in [0.5, 0.6) is 0 Å². The molecule has 0 fully saturated rings. The van der Waals surface area contributed by atoms with E-state index < -0.39 is 5.97 Å². The molecule has 0 saturated heterocycles. The van der Waals surface area contributed by atoms with Crippen LogP contribution in [0.2, 0.25) is 0 Å². The summed E-state index contributed by atoms with van der Waals surface area (Å²) in [5.41, 5.74) is 2.07. The van der Waals surface area contributed by atoms with Crippen LogP contribution in [0.4, 0.5) is 4.39 Å². The second-order valence-electron chi connectivity index (χ2n) is 5.10. The minimum atomic E-state index is -1.17. The van der Waals surface area contributed by atoms with Crippen LogP contribution in [0.15, 0.2) is 59.0 Å². The van der Waals surface area contributed by atoms with E-state index in [1.54, 1.807) is 12.1 Å². The summed E-state index contributed by atoms with van der Waals surface area (Å²) in [6, 6.07) is 14.4. The number of aromatic carboxylic acids is 1. The van der Waals surface area contributed by atoms with Gasteiger partial charge in [-0.05, 0) is 42.5 Å². The number of hydrogen-bond acceptors (Lipinski definition) is 4. The Bertz CT molecular complexity index is 1020. The molecule has 0 aliphatic rings. The highest BCUT2D eigenvalue weighted by Gasteiger charge is 2.19. The molecule has 118 valence electrons. The highest BCUT2D eigenvalue weighted by Crippen LogP contribution is 2.26. The Balaban J connectivity index is 1.93. The number of hydrogen-bond donors (Lipinski definition) is 1. The number of halogens is 1. The molecule has 0 saturated carbocycles. The lowest BCUT2D eigenvalue weighted by molar-refractivity contribution is 0.0690. The normalized spacial score (nSPS) is 11.0. The number of carboxylic acids is 1. The average molecular weight is 323 g/mol. The number of carboxylic acid groups (broad SMARTS) is 1. The van der Waals surface area contributed by atoms with Gasteiger partial charge in [-0.15, -0.1) is 0 Å². The monoisotopic (exact) mass is 323 g/mol. The molecule has 2 aromatic heterocycles. The molecule has 0 radical (unpaired) electrons. The SMILES string of the molecule is O=C(O)c1cc(-c2ccc(F)cc2)n(-c2nc3ccccc3o2)n1. The number of carbonyl (C=O) groups is 1. The minimum Gasteiger partial charge on any atom is -0.476 e. The summed E-state index contributed by atoms with van der Waals surface area (Å²) in [6.45, 7) is 0. The molecule has 2 heterocycles. The van der Waals surface area contributed by atoms with Crippen molar-refractivity contribution in [2.75, 3.05) is 0 Å². The van der Waals surface area contributed by atoms with Crippen molar-refractivity contribution < 1.29 is 18.7 Å². The summed E-state index contributed by atoms with van der Waals surface area (Å²) in [7, 11) is 0. The lowest BCUT2D eigenvalue weighted by atomic mass is 10.1. The van der Waals surface area contributed by atoms with Crippen molar-refractivity contribution in [3.8, 4) is 17.3 Å². The lowest BCUT2D eigenvalue weighted by Crippen LogP contribution is -2.02. The second-order valence-corrected chi connectivity index (χ2v) is 5.10. The molecule has 4 aromatic rings. The Morgan fingerprint density at radius 3 is 2.58 bits per heavy atom. The van der Waals surface area contributed by atoms with Gasteiger partial charge in [0.15, 0.2) is 11.3 Å². The van der Waals surface area contributed by atoms with Crippen LogP contribution in [0.3, 0.4) is 0 Å². The van der Waals surface area contributed by atoms with Crippen LogP contribution in [0, 0.1) is 5.82 Å². The van der Waals surface area contributed by atoms with Crippen molar-refractivity contribution in [3.63, 3.8) is 0 Å². The molecule has 2 aromatic carbocycles. The highest BCUT2D eigenvalue weighted by molar-refractivity contribution is 5.87. The van der Waals surface area contributed by atoms with Gasteiger partial charge in [-0.2, -0.15) is 14.8 Å². The van der Waals surface area contributed by atoms with E-state index in [1.807, 2.05) is 12.1 Å². The van der Waals surface area contributed by atoms with Crippen LogP contribution in [-0.2, 0) is 0 Å². The molecule has 7 heteroatoms. The molecular formula is C17H10FN3O3. The molecule has 0 aliphatic carbocycles. The molecule has 6 nitrogen and oxygen atoms in total. The van der Waals surface area contributed by atoms with E-state index in [0.29, 0.717) is 22.4 Å². The summed E-state index contributed by atoms with van der Waals surface area (Å²) in [4.78, 5) is 15.6. The van der Waals surface area contributed by atoms with E-state index >= 15 is 0 Å². The van der Waals surface area contributed by atoms with E-state index in [1.165, 1.54) is 35.0 Å². The van der Waals surface area contributed by atoms with E-state index in [4.69, 9.17) is 4.42 Å². The lowest BCUT2D eigenvalue weighted by Gasteiger charge is -2.02. The number of para-hydroxylation sites is 2. The first-order valence-corrected chi connectivity index (χ1v) is 7.07. The Labute approximate surface area is 134 Å². The second kappa shape index (κ2) is 5.31. The Morgan fingerprint density at radius 1 is 1.12 bits per heavy atom. The maximum absolute atomic E-state index is 13.2. The van der Waals surface area contributed by atoms with Crippen LogP contribution in [0.1, 0.15) is 10.5 Å². The van der Waals surface area contributed by atoms with E-state index in [2.05, 4.69) is 10.1 Å².